The molecule has 1 amide bonds. The number of fused-ring (bicyclic) bond motifs is 3. The van der Waals surface area contributed by atoms with Crippen molar-refractivity contribution in [2.24, 2.45) is 5.92 Å². The summed E-state index contributed by atoms with van der Waals surface area (Å²) < 4.78 is 3.37. The lowest BCUT2D eigenvalue weighted by Crippen LogP contribution is -2.49. The molecule has 8 nitrogen and oxygen atoms in total. The minimum Gasteiger partial charge on any atom is -0.337 e. The SMILES string of the molecule is Cc1ccc(-n2c(=O)c3ccccc3n3c(SCC(=O)NC(C)(C#N)C(C)C)nnc23)c(C)c1. The van der Waals surface area contributed by atoms with Crippen LogP contribution in [-0.4, -0.2) is 36.4 Å². The van der Waals surface area contributed by atoms with Crippen LogP contribution in [0, 0.1) is 31.1 Å². The van der Waals surface area contributed by atoms with E-state index in [0.29, 0.717) is 21.8 Å². The smallest absolute Gasteiger partial charge is 0.267 e. The third-order valence-electron chi connectivity index (χ3n) is 6.11. The Hall–Kier alpha value is -3.64. The number of aromatic nitrogens is 4. The Morgan fingerprint density at radius 1 is 1.21 bits per heavy atom. The molecule has 1 N–H and O–H groups in total. The summed E-state index contributed by atoms with van der Waals surface area (Å²) in [7, 11) is 0. The molecule has 0 spiro atoms. The predicted molar refractivity (Wildman–Crippen MR) is 133 cm³/mol. The number of para-hydroxylation sites is 1. The maximum atomic E-state index is 13.5. The van der Waals surface area contributed by atoms with E-state index in [4.69, 9.17) is 0 Å². The molecule has 34 heavy (non-hydrogen) atoms. The number of hydrogen-bond acceptors (Lipinski definition) is 6. The van der Waals surface area contributed by atoms with Gasteiger partial charge in [-0.3, -0.25) is 14.0 Å². The molecule has 0 saturated carbocycles. The van der Waals surface area contributed by atoms with Crippen molar-refractivity contribution in [2.75, 3.05) is 5.75 Å². The van der Waals surface area contributed by atoms with Crippen molar-refractivity contribution in [2.45, 2.75) is 45.3 Å². The standard InChI is InChI=1S/C25H26N6O2S/c1-15(2)25(5,14-26)27-21(32)13-34-24-29-28-23-30(19-11-10-16(3)12-17(19)4)22(33)18-8-6-7-9-20(18)31(23)24/h6-12,15H,13H2,1-5H3,(H,27,32). The van der Waals surface area contributed by atoms with Crippen LogP contribution in [0.5, 0.6) is 0 Å². The van der Waals surface area contributed by atoms with Crippen LogP contribution in [0.25, 0.3) is 22.4 Å². The Morgan fingerprint density at radius 3 is 2.62 bits per heavy atom. The summed E-state index contributed by atoms with van der Waals surface area (Å²) in [5.74, 6) is 0.118. The zero-order valence-electron chi connectivity index (χ0n) is 19.8. The highest BCUT2D eigenvalue weighted by molar-refractivity contribution is 7.99. The van der Waals surface area contributed by atoms with Gasteiger partial charge >= 0.3 is 0 Å². The Kier molecular flexibility index (Phi) is 6.19. The maximum Gasteiger partial charge on any atom is 0.267 e. The van der Waals surface area contributed by atoms with Gasteiger partial charge in [-0.25, -0.2) is 4.57 Å². The van der Waals surface area contributed by atoms with Gasteiger partial charge in [-0.2, -0.15) is 5.26 Å². The molecule has 0 aliphatic heterocycles. The highest BCUT2D eigenvalue weighted by Crippen LogP contribution is 2.25. The van der Waals surface area contributed by atoms with E-state index in [0.717, 1.165) is 16.8 Å². The Bertz CT molecular complexity index is 1510. The van der Waals surface area contributed by atoms with Crippen molar-refractivity contribution in [1.82, 2.24) is 24.5 Å². The van der Waals surface area contributed by atoms with Gasteiger partial charge < -0.3 is 5.32 Å². The van der Waals surface area contributed by atoms with E-state index in [1.807, 2.05) is 64.1 Å². The molecule has 0 aliphatic carbocycles. The Labute approximate surface area is 201 Å². The fourth-order valence-electron chi connectivity index (χ4n) is 3.80. The summed E-state index contributed by atoms with van der Waals surface area (Å²) in [6, 6.07) is 15.4. The largest absolute Gasteiger partial charge is 0.337 e. The van der Waals surface area contributed by atoms with E-state index in [1.54, 1.807) is 22.0 Å². The van der Waals surface area contributed by atoms with E-state index in [9.17, 15) is 14.9 Å². The molecule has 0 saturated heterocycles. The average Bonchev–Trinajstić information content (AvgIpc) is 3.22. The number of carbonyl (C=O) groups is 1. The first-order valence-electron chi connectivity index (χ1n) is 11.0. The summed E-state index contributed by atoms with van der Waals surface area (Å²) in [5, 5.41) is 22.0. The summed E-state index contributed by atoms with van der Waals surface area (Å²) >= 11 is 1.21. The Balaban J connectivity index is 1.81. The molecule has 4 rings (SSSR count). The fraction of sp³-hybridized carbons (Fsp3) is 0.320. The lowest BCUT2D eigenvalue weighted by Gasteiger charge is -2.27. The predicted octanol–water partition coefficient (Wildman–Crippen LogP) is 3.80. The number of carbonyl (C=O) groups excluding carboxylic acids is 1. The van der Waals surface area contributed by atoms with Crippen molar-refractivity contribution in [3.63, 3.8) is 0 Å². The van der Waals surface area contributed by atoms with Gasteiger partial charge in [0.1, 0.15) is 5.54 Å². The van der Waals surface area contributed by atoms with Gasteiger partial charge in [-0.1, -0.05) is 55.4 Å². The Morgan fingerprint density at radius 2 is 1.94 bits per heavy atom. The van der Waals surface area contributed by atoms with Crippen LogP contribution in [0.2, 0.25) is 0 Å². The average molecular weight is 475 g/mol. The lowest BCUT2D eigenvalue weighted by atomic mass is 9.90. The third-order valence-corrected chi connectivity index (χ3v) is 7.04. The summed E-state index contributed by atoms with van der Waals surface area (Å²) in [5.41, 5.74) is 2.30. The minimum absolute atomic E-state index is 0.0449. The van der Waals surface area contributed by atoms with Gasteiger partial charge in [0, 0.05) is 0 Å². The normalized spacial score (nSPS) is 13.2. The first-order valence-corrected chi connectivity index (χ1v) is 12.0. The first kappa shape index (κ1) is 23.5. The van der Waals surface area contributed by atoms with E-state index in [2.05, 4.69) is 21.6 Å². The molecular formula is C25H26N6O2S. The molecule has 9 heteroatoms. The number of rotatable bonds is 6. The fourth-order valence-corrected chi connectivity index (χ4v) is 4.54. The molecule has 0 radical (unpaired) electrons. The second kappa shape index (κ2) is 8.95. The lowest BCUT2D eigenvalue weighted by molar-refractivity contribution is -0.120. The van der Waals surface area contributed by atoms with Crippen molar-refractivity contribution in [1.29, 1.82) is 5.26 Å². The zero-order chi connectivity index (χ0) is 24.6. The van der Waals surface area contributed by atoms with Crippen molar-refractivity contribution >= 4 is 34.3 Å². The molecular weight excluding hydrogens is 448 g/mol. The first-order chi connectivity index (χ1) is 16.2. The number of thioether (sulfide) groups is 1. The van der Waals surface area contributed by atoms with Crippen LogP contribution in [0.1, 0.15) is 31.9 Å². The number of hydrogen-bond donors (Lipinski definition) is 1. The molecule has 1 unspecified atom stereocenters. The number of aryl methyl sites for hydroxylation is 2. The molecule has 4 aromatic rings. The second-order valence-electron chi connectivity index (χ2n) is 8.87. The van der Waals surface area contributed by atoms with E-state index >= 15 is 0 Å². The molecule has 2 aromatic carbocycles. The minimum atomic E-state index is -0.958. The number of benzene rings is 2. The molecule has 2 heterocycles. The van der Waals surface area contributed by atoms with Gasteiger partial charge in [0.15, 0.2) is 5.16 Å². The van der Waals surface area contributed by atoms with Crippen LogP contribution < -0.4 is 10.9 Å². The number of nitriles is 1. The molecule has 0 aliphatic rings. The van der Waals surface area contributed by atoms with E-state index in [-0.39, 0.29) is 23.1 Å². The monoisotopic (exact) mass is 474 g/mol. The van der Waals surface area contributed by atoms with Gasteiger partial charge in [-0.15, -0.1) is 10.2 Å². The molecule has 174 valence electrons. The van der Waals surface area contributed by atoms with Gasteiger partial charge in [0.05, 0.1) is 28.4 Å². The number of nitrogens with one attached hydrogen (secondary N) is 1. The molecule has 2 aromatic heterocycles. The molecule has 0 bridgehead atoms. The van der Waals surface area contributed by atoms with Crippen LogP contribution in [0.3, 0.4) is 0 Å². The van der Waals surface area contributed by atoms with Crippen molar-refractivity contribution < 1.29 is 4.79 Å². The number of amides is 1. The van der Waals surface area contributed by atoms with Crippen molar-refractivity contribution in [3.05, 3.63) is 63.9 Å². The summed E-state index contributed by atoms with van der Waals surface area (Å²) in [6.07, 6.45) is 0. The van der Waals surface area contributed by atoms with Gasteiger partial charge in [-0.05, 0) is 50.5 Å². The third kappa shape index (κ3) is 4.05. The van der Waals surface area contributed by atoms with Gasteiger partial charge in [0.25, 0.3) is 5.56 Å². The van der Waals surface area contributed by atoms with Crippen LogP contribution in [-0.2, 0) is 4.79 Å². The quantitative estimate of drug-likeness (QED) is 0.426. The summed E-state index contributed by atoms with van der Waals surface area (Å²) in [4.78, 5) is 26.1. The summed E-state index contributed by atoms with van der Waals surface area (Å²) in [6.45, 7) is 9.45. The highest BCUT2D eigenvalue weighted by Gasteiger charge is 2.30. The van der Waals surface area contributed by atoms with E-state index < -0.39 is 5.54 Å². The number of nitrogens with zero attached hydrogens (tertiary/aromatic N) is 5. The van der Waals surface area contributed by atoms with Crippen molar-refractivity contribution in [3.8, 4) is 11.8 Å². The van der Waals surface area contributed by atoms with Crippen LogP contribution in [0.4, 0.5) is 0 Å². The maximum absolute atomic E-state index is 13.5. The molecule has 1 atom stereocenters. The zero-order valence-corrected chi connectivity index (χ0v) is 20.6. The van der Waals surface area contributed by atoms with E-state index in [1.165, 1.54) is 11.8 Å². The second-order valence-corrected chi connectivity index (χ2v) is 9.81. The molecule has 0 fully saturated rings. The van der Waals surface area contributed by atoms with Crippen LogP contribution in [0.15, 0.2) is 52.4 Å². The topological polar surface area (TPSA) is 105 Å². The van der Waals surface area contributed by atoms with Crippen LogP contribution >= 0.6 is 11.8 Å². The highest BCUT2D eigenvalue weighted by atomic mass is 32.2. The van der Waals surface area contributed by atoms with Gasteiger partial charge in [0.2, 0.25) is 11.7 Å².